The third kappa shape index (κ3) is 3.09. The van der Waals surface area contributed by atoms with Crippen molar-refractivity contribution in [3.63, 3.8) is 0 Å². The molecular weight excluding hydrogens is 293 g/mol. The van der Waals surface area contributed by atoms with Gasteiger partial charge in [0.05, 0.1) is 18.2 Å². The first-order valence-electron chi connectivity index (χ1n) is 6.33. The van der Waals surface area contributed by atoms with Crippen LogP contribution in [0.3, 0.4) is 0 Å². The Hall–Kier alpha value is -1.22. The molecule has 0 heterocycles. The molecule has 2 aromatic rings. The van der Waals surface area contributed by atoms with Crippen LogP contribution in [0.15, 0.2) is 36.4 Å². The maximum Gasteiger partial charge on any atom is 0.137 e. The standard InChI is InChI=1S/C16H17Cl2NO/c1-10-8-12(17)5-6-13(10)16(19-2)11-4-7-14(18)15(9-11)20-3/h4-9,16,19H,1-3H3. The van der Waals surface area contributed by atoms with Gasteiger partial charge in [-0.1, -0.05) is 35.3 Å². The first-order valence-corrected chi connectivity index (χ1v) is 7.09. The van der Waals surface area contributed by atoms with Crippen molar-refractivity contribution in [1.82, 2.24) is 5.32 Å². The van der Waals surface area contributed by atoms with Crippen LogP contribution in [0.1, 0.15) is 22.7 Å². The zero-order valence-electron chi connectivity index (χ0n) is 11.7. The molecule has 0 aliphatic carbocycles. The van der Waals surface area contributed by atoms with Crippen LogP contribution in [0.2, 0.25) is 10.0 Å². The molecule has 0 aromatic heterocycles. The minimum Gasteiger partial charge on any atom is -0.495 e. The molecule has 0 spiro atoms. The van der Waals surface area contributed by atoms with Gasteiger partial charge in [0.15, 0.2) is 0 Å². The predicted octanol–water partition coefficient (Wildman–Crippen LogP) is 4.62. The smallest absolute Gasteiger partial charge is 0.137 e. The quantitative estimate of drug-likeness (QED) is 0.890. The lowest BCUT2D eigenvalue weighted by molar-refractivity contribution is 0.414. The first-order chi connectivity index (χ1) is 9.56. The van der Waals surface area contributed by atoms with E-state index in [4.69, 9.17) is 27.9 Å². The highest BCUT2D eigenvalue weighted by Crippen LogP contribution is 2.32. The van der Waals surface area contributed by atoms with Crippen LogP contribution in [0.25, 0.3) is 0 Å². The number of ether oxygens (including phenoxy) is 1. The summed E-state index contributed by atoms with van der Waals surface area (Å²) in [6, 6.07) is 11.8. The zero-order valence-corrected chi connectivity index (χ0v) is 13.2. The number of nitrogens with one attached hydrogen (secondary N) is 1. The molecule has 0 bridgehead atoms. The third-order valence-electron chi connectivity index (χ3n) is 3.34. The Kier molecular flexibility index (Phi) is 4.92. The number of aryl methyl sites for hydroxylation is 1. The van der Waals surface area contributed by atoms with Crippen molar-refractivity contribution in [2.45, 2.75) is 13.0 Å². The minimum atomic E-state index is 0.0680. The highest BCUT2D eigenvalue weighted by Gasteiger charge is 2.16. The van der Waals surface area contributed by atoms with Gasteiger partial charge in [-0.3, -0.25) is 0 Å². The lowest BCUT2D eigenvalue weighted by atomic mass is 9.95. The van der Waals surface area contributed by atoms with Gasteiger partial charge in [-0.05, 0) is 54.9 Å². The van der Waals surface area contributed by atoms with Gasteiger partial charge in [0.1, 0.15) is 5.75 Å². The summed E-state index contributed by atoms with van der Waals surface area (Å²) in [5, 5.41) is 4.68. The highest BCUT2D eigenvalue weighted by molar-refractivity contribution is 6.32. The SMILES string of the molecule is CNC(c1ccc(Cl)c(OC)c1)c1ccc(Cl)cc1C. The second kappa shape index (κ2) is 6.49. The topological polar surface area (TPSA) is 21.3 Å². The van der Waals surface area contributed by atoms with Crippen LogP contribution < -0.4 is 10.1 Å². The fourth-order valence-corrected chi connectivity index (χ4v) is 2.74. The van der Waals surface area contributed by atoms with Crippen molar-refractivity contribution < 1.29 is 4.74 Å². The number of benzene rings is 2. The molecule has 0 amide bonds. The highest BCUT2D eigenvalue weighted by atomic mass is 35.5. The van der Waals surface area contributed by atoms with Crippen molar-refractivity contribution >= 4 is 23.2 Å². The normalized spacial score (nSPS) is 12.2. The summed E-state index contributed by atoms with van der Waals surface area (Å²) >= 11 is 12.1. The summed E-state index contributed by atoms with van der Waals surface area (Å²) < 4.78 is 5.28. The van der Waals surface area contributed by atoms with E-state index in [1.165, 1.54) is 5.56 Å². The van der Waals surface area contributed by atoms with E-state index in [1.54, 1.807) is 7.11 Å². The largest absolute Gasteiger partial charge is 0.495 e. The fourth-order valence-electron chi connectivity index (χ4n) is 2.32. The van der Waals surface area contributed by atoms with Gasteiger partial charge in [0.25, 0.3) is 0 Å². The van der Waals surface area contributed by atoms with Gasteiger partial charge >= 0.3 is 0 Å². The van der Waals surface area contributed by atoms with Gasteiger partial charge in [0, 0.05) is 5.02 Å². The summed E-state index contributed by atoms with van der Waals surface area (Å²) in [6.07, 6.45) is 0. The zero-order chi connectivity index (χ0) is 14.7. The molecule has 1 atom stereocenters. The van der Waals surface area contributed by atoms with Crippen molar-refractivity contribution in [1.29, 1.82) is 0 Å². The molecular formula is C16H17Cl2NO. The minimum absolute atomic E-state index is 0.0680. The van der Waals surface area contributed by atoms with Crippen LogP contribution in [-0.2, 0) is 0 Å². The van der Waals surface area contributed by atoms with Crippen molar-refractivity contribution in [3.05, 3.63) is 63.1 Å². The number of rotatable bonds is 4. The Balaban J connectivity index is 2.46. The second-order valence-electron chi connectivity index (χ2n) is 4.62. The van der Waals surface area contributed by atoms with E-state index in [2.05, 4.69) is 12.2 Å². The van der Waals surface area contributed by atoms with Crippen LogP contribution in [0, 0.1) is 6.92 Å². The van der Waals surface area contributed by atoms with E-state index in [0.717, 1.165) is 16.1 Å². The molecule has 0 saturated carbocycles. The average Bonchev–Trinajstić information content (AvgIpc) is 2.43. The molecule has 1 unspecified atom stereocenters. The summed E-state index contributed by atoms with van der Waals surface area (Å²) in [6.45, 7) is 2.05. The van der Waals surface area contributed by atoms with Crippen LogP contribution in [-0.4, -0.2) is 14.2 Å². The third-order valence-corrected chi connectivity index (χ3v) is 3.89. The Bertz CT molecular complexity index is 613. The molecule has 20 heavy (non-hydrogen) atoms. The summed E-state index contributed by atoms with van der Waals surface area (Å²) in [7, 11) is 3.55. The molecule has 2 aromatic carbocycles. The Morgan fingerprint density at radius 1 is 1.10 bits per heavy atom. The molecule has 1 N–H and O–H groups in total. The Labute approximate surface area is 129 Å². The van der Waals surface area contributed by atoms with E-state index >= 15 is 0 Å². The predicted molar refractivity (Wildman–Crippen MR) is 85.1 cm³/mol. The van der Waals surface area contributed by atoms with Gasteiger partial charge in [0.2, 0.25) is 0 Å². The van der Waals surface area contributed by atoms with Gasteiger partial charge in [-0.25, -0.2) is 0 Å². The van der Waals surface area contributed by atoms with Gasteiger partial charge in [-0.15, -0.1) is 0 Å². The van der Waals surface area contributed by atoms with Gasteiger partial charge in [-0.2, -0.15) is 0 Å². The number of hydrogen-bond donors (Lipinski definition) is 1. The van der Waals surface area contributed by atoms with Crippen LogP contribution in [0.5, 0.6) is 5.75 Å². The summed E-state index contributed by atoms with van der Waals surface area (Å²) in [4.78, 5) is 0. The Morgan fingerprint density at radius 3 is 2.45 bits per heavy atom. The van der Waals surface area contributed by atoms with Crippen LogP contribution >= 0.6 is 23.2 Å². The summed E-state index contributed by atoms with van der Waals surface area (Å²) in [5.41, 5.74) is 3.42. The van der Waals surface area contributed by atoms with E-state index in [-0.39, 0.29) is 6.04 Å². The van der Waals surface area contributed by atoms with E-state index < -0.39 is 0 Å². The van der Waals surface area contributed by atoms with Crippen LogP contribution in [0.4, 0.5) is 0 Å². The molecule has 0 radical (unpaired) electrons. The monoisotopic (exact) mass is 309 g/mol. The summed E-state index contributed by atoms with van der Waals surface area (Å²) in [5.74, 6) is 0.677. The maximum atomic E-state index is 6.08. The molecule has 0 fully saturated rings. The maximum absolute atomic E-state index is 6.08. The molecule has 106 valence electrons. The van der Waals surface area contributed by atoms with Crippen molar-refractivity contribution in [2.24, 2.45) is 0 Å². The molecule has 2 nitrogen and oxygen atoms in total. The van der Waals surface area contributed by atoms with E-state index in [9.17, 15) is 0 Å². The van der Waals surface area contributed by atoms with Gasteiger partial charge < -0.3 is 10.1 Å². The number of hydrogen-bond acceptors (Lipinski definition) is 2. The average molecular weight is 310 g/mol. The second-order valence-corrected chi connectivity index (χ2v) is 5.46. The Morgan fingerprint density at radius 2 is 1.85 bits per heavy atom. The molecule has 4 heteroatoms. The van der Waals surface area contributed by atoms with E-state index in [0.29, 0.717) is 10.8 Å². The fraction of sp³-hybridized carbons (Fsp3) is 0.250. The molecule has 0 aliphatic heterocycles. The lowest BCUT2D eigenvalue weighted by Gasteiger charge is -2.20. The van der Waals surface area contributed by atoms with Crippen molar-refractivity contribution in [2.75, 3.05) is 14.2 Å². The molecule has 0 saturated heterocycles. The van der Waals surface area contributed by atoms with E-state index in [1.807, 2.05) is 43.4 Å². The lowest BCUT2D eigenvalue weighted by Crippen LogP contribution is -2.18. The first kappa shape index (κ1) is 15.2. The molecule has 0 aliphatic rings. The number of methoxy groups -OCH3 is 1. The number of halogens is 2. The van der Waals surface area contributed by atoms with Crippen molar-refractivity contribution in [3.8, 4) is 5.75 Å². The molecule has 2 rings (SSSR count).